The van der Waals surface area contributed by atoms with Gasteiger partial charge in [0.2, 0.25) is 0 Å². The van der Waals surface area contributed by atoms with Crippen LogP contribution in [0.3, 0.4) is 0 Å². The van der Waals surface area contributed by atoms with Crippen molar-refractivity contribution in [3.63, 3.8) is 0 Å². The Labute approximate surface area is 193 Å². The van der Waals surface area contributed by atoms with Crippen LogP contribution in [-0.2, 0) is 18.2 Å². The van der Waals surface area contributed by atoms with E-state index in [1.807, 2.05) is 38.6 Å². The van der Waals surface area contributed by atoms with Gasteiger partial charge in [-0.05, 0) is 37.5 Å². The molecule has 170 valence electrons. The number of aromatic nitrogens is 5. The standard InChI is InChI=1S/C25H28N6O2/c1-3-33-22-12-17(20-15-28-31(2)16-20)4-5-18(22)13-23-27-14-19-6-9-26-25(24(19)30-23)29-21-7-10-32-11-8-21/h4-6,9,12,14-16,21H,3,7-8,10-11,13H2,1-2H3,(H,26,29). The maximum Gasteiger partial charge on any atom is 0.152 e. The van der Waals surface area contributed by atoms with Crippen molar-refractivity contribution in [2.45, 2.75) is 32.2 Å². The number of aryl methyl sites for hydroxylation is 1. The Morgan fingerprint density at radius 1 is 1.12 bits per heavy atom. The predicted octanol–water partition coefficient (Wildman–Crippen LogP) is 4.01. The second-order valence-corrected chi connectivity index (χ2v) is 8.25. The molecule has 0 atom stereocenters. The molecule has 1 aliphatic rings. The summed E-state index contributed by atoms with van der Waals surface area (Å²) >= 11 is 0. The molecule has 0 radical (unpaired) electrons. The monoisotopic (exact) mass is 444 g/mol. The van der Waals surface area contributed by atoms with Gasteiger partial charge in [0.25, 0.3) is 0 Å². The smallest absolute Gasteiger partial charge is 0.152 e. The van der Waals surface area contributed by atoms with Gasteiger partial charge in [-0.15, -0.1) is 0 Å². The van der Waals surface area contributed by atoms with Crippen LogP contribution in [0.4, 0.5) is 5.82 Å². The third kappa shape index (κ3) is 4.80. The van der Waals surface area contributed by atoms with E-state index >= 15 is 0 Å². The van der Waals surface area contributed by atoms with Crippen LogP contribution in [0.15, 0.2) is 49.1 Å². The summed E-state index contributed by atoms with van der Waals surface area (Å²) < 4.78 is 13.2. The number of rotatable bonds is 7. The van der Waals surface area contributed by atoms with Crippen LogP contribution in [0.2, 0.25) is 0 Å². The number of nitrogens with one attached hydrogen (secondary N) is 1. The Morgan fingerprint density at radius 2 is 2.00 bits per heavy atom. The van der Waals surface area contributed by atoms with Crippen LogP contribution >= 0.6 is 0 Å². The number of nitrogens with zero attached hydrogens (tertiary/aromatic N) is 5. The lowest BCUT2D eigenvalue weighted by molar-refractivity contribution is 0.0904. The zero-order valence-corrected chi connectivity index (χ0v) is 19.0. The second kappa shape index (κ2) is 9.54. The molecule has 1 N–H and O–H groups in total. The molecule has 0 spiro atoms. The lowest BCUT2D eigenvalue weighted by Gasteiger charge is -2.24. The van der Waals surface area contributed by atoms with Gasteiger partial charge in [-0.3, -0.25) is 4.68 Å². The van der Waals surface area contributed by atoms with Gasteiger partial charge in [0.05, 0.1) is 12.8 Å². The average Bonchev–Trinajstić information content (AvgIpc) is 3.28. The van der Waals surface area contributed by atoms with Gasteiger partial charge in [0.1, 0.15) is 17.1 Å². The molecule has 8 nitrogen and oxygen atoms in total. The third-order valence-corrected chi connectivity index (χ3v) is 5.86. The summed E-state index contributed by atoms with van der Waals surface area (Å²) in [6.07, 6.45) is 10.0. The van der Waals surface area contributed by atoms with E-state index in [9.17, 15) is 0 Å². The Hall–Kier alpha value is -3.52. The average molecular weight is 445 g/mol. The molecule has 33 heavy (non-hydrogen) atoms. The first-order chi connectivity index (χ1) is 16.2. The van der Waals surface area contributed by atoms with Crippen molar-refractivity contribution >= 4 is 16.7 Å². The van der Waals surface area contributed by atoms with E-state index in [0.29, 0.717) is 19.1 Å². The van der Waals surface area contributed by atoms with Crippen molar-refractivity contribution in [2.24, 2.45) is 7.05 Å². The Morgan fingerprint density at radius 3 is 2.79 bits per heavy atom. The van der Waals surface area contributed by atoms with Crippen molar-refractivity contribution in [3.8, 4) is 16.9 Å². The first kappa shape index (κ1) is 21.3. The quantitative estimate of drug-likeness (QED) is 0.461. The molecule has 1 aromatic carbocycles. The lowest BCUT2D eigenvalue weighted by atomic mass is 10.0. The summed E-state index contributed by atoms with van der Waals surface area (Å²) in [5, 5.41) is 8.81. The van der Waals surface area contributed by atoms with Gasteiger partial charge in [-0.2, -0.15) is 5.10 Å². The minimum Gasteiger partial charge on any atom is -0.494 e. The highest BCUT2D eigenvalue weighted by Crippen LogP contribution is 2.29. The molecule has 0 amide bonds. The second-order valence-electron chi connectivity index (χ2n) is 8.25. The number of ether oxygens (including phenoxy) is 2. The molecule has 1 aliphatic heterocycles. The minimum absolute atomic E-state index is 0.347. The normalized spacial score (nSPS) is 14.5. The summed E-state index contributed by atoms with van der Waals surface area (Å²) in [7, 11) is 1.92. The van der Waals surface area contributed by atoms with E-state index in [1.165, 1.54) is 0 Å². The predicted molar refractivity (Wildman–Crippen MR) is 127 cm³/mol. The highest BCUT2D eigenvalue weighted by atomic mass is 16.5. The van der Waals surface area contributed by atoms with Gasteiger partial charge in [0.15, 0.2) is 5.82 Å². The van der Waals surface area contributed by atoms with Gasteiger partial charge in [-0.25, -0.2) is 15.0 Å². The third-order valence-electron chi connectivity index (χ3n) is 5.86. The molecule has 3 aromatic heterocycles. The van der Waals surface area contributed by atoms with Crippen molar-refractivity contribution in [3.05, 3.63) is 60.4 Å². The summed E-state index contributed by atoms with van der Waals surface area (Å²) in [6, 6.07) is 8.54. The fraction of sp³-hybridized carbons (Fsp3) is 0.360. The van der Waals surface area contributed by atoms with Crippen molar-refractivity contribution < 1.29 is 9.47 Å². The molecular weight excluding hydrogens is 416 g/mol. The number of hydrogen-bond donors (Lipinski definition) is 1. The Bertz CT molecular complexity index is 1250. The van der Waals surface area contributed by atoms with E-state index in [2.05, 4.69) is 38.6 Å². The van der Waals surface area contributed by atoms with Crippen LogP contribution in [0.5, 0.6) is 5.75 Å². The number of fused-ring (bicyclic) bond motifs is 1. The zero-order chi connectivity index (χ0) is 22.6. The molecular formula is C25H28N6O2. The lowest BCUT2D eigenvalue weighted by Crippen LogP contribution is -2.28. The molecule has 0 bridgehead atoms. The maximum atomic E-state index is 5.97. The number of benzene rings is 1. The highest BCUT2D eigenvalue weighted by molar-refractivity contribution is 5.87. The molecule has 4 aromatic rings. The Kier molecular flexibility index (Phi) is 6.17. The molecule has 0 aliphatic carbocycles. The molecule has 5 rings (SSSR count). The number of pyridine rings is 1. The van der Waals surface area contributed by atoms with Crippen molar-refractivity contribution in [2.75, 3.05) is 25.1 Å². The SMILES string of the molecule is CCOc1cc(-c2cnn(C)c2)ccc1Cc1ncc2ccnc(NC3CCOCC3)c2n1. The largest absolute Gasteiger partial charge is 0.494 e. The van der Waals surface area contributed by atoms with Crippen molar-refractivity contribution in [1.82, 2.24) is 24.7 Å². The summed E-state index contributed by atoms with van der Waals surface area (Å²) in [4.78, 5) is 14.1. The van der Waals surface area contributed by atoms with Gasteiger partial charge in [-0.1, -0.05) is 12.1 Å². The van der Waals surface area contributed by atoms with E-state index in [4.69, 9.17) is 14.5 Å². The number of anilines is 1. The van der Waals surface area contributed by atoms with Crippen molar-refractivity contribution in [1.29, 1.82) is 0 Å². The van der Waals surface area contributed by atoms with Gasteiger partial charge >= 0.3 is 0 Å². The van der Waals surface area contributed by atoms with E-state index in [-0.39, 0.29) is 0 Å². The van der Waals surface area contributed by atoms with E-state index in [1.54, 1.807) is 10.9 Å². The summed E-state index contributed by atoms with van der Waals surface area (Å²) in [6.45, 7) is 4.13. The summed E-state index contributed by atoms with van der Waals surface area (Å²) in [5.74, 6) is 2.38. The van der Waals surface area contributed by atoms with Crippen LogP contribution in [0.25, 0.3) is 22.0 Å². The molecule has 1 fully saturated rings. The summed E-state index contributed by atoms with van der Waals surface area (Å²) in [5.41, 5.74) is 4.02. The maximum absolute atomic E-state index is 5.97. The molecule has 1 saturated heterocycles. The molecule has 8 heteroatoms. The fourth-order valence-electron chi connectivity index (χ4n) is 4.13. The first-order valence-electron chi connectivity index (χ1n) is 11.4. The fourth-order valence-corrected chi connectivity index (χ4v) is 4.13. The molecule has 4 heterocycles. The van der Waals surface area contributed by atoms with Crippen LogP contribution < -0.4 is 10.1 Å². The van der Waals surface area contributed by atoms with Gasteiger partial charge in [0, 0.05) is 67.8 Å². The topological polar surface area (TPSA) is 87.0 Å². The van der Waals surface area contributed by atoms with Crippen LogP contribution in [-0.4, -0.2) is 50.6 Å². The van der Waals surface area contributed by atoms with Crippen LogP contribution in [0, 0.1) is 0 Å². The molecule has 0 saturated carbocycles. The zero-order valence-electron chi connectivity index (χ0n) is 19.0. The number of hydrogen-bond acceptors (Lipinski definition) is 7. The van der Waals surface area contributed by atoms with Gasteiger partial charge < -0.3 is 14.8 Å². The van der Waals surface area contributed by atoms with Crippen LogP contribution in [0.1, 0.15) is 31.2 Å². The first-order valence-corrected chi connectivity index (χ1v) is 11.4. The van der Waals surface area contributed by atoms with E-state index < -0.39 is 0 Å². The highest BCUT2D eigenvalue weighted by Gasteiger charge is 2.17. The minimum atomic E-state index is 0.347. The van der Waals surface area contributed by atoms with E-state index in [0.717, 1.165) is 71.0 Å². The molecule has 0 unspecified atom stereocenters. The Balaban J connectivity index is 1.43.